The second-order valence-corrected chi connectivity index (χ2v) is 8.38. The van der Waals surface area contributed by atoms with Crippen molar-refractivity contribution in [3.63, 3.8) is 0 Å². The van der Waals surface area contributed by atoms with Crippen molar-refractivity contribution in [3.05, 3.63) is 65.7 Å². The van der Waals surface area contributed by atoms with Crippen LogP contribution in [0.2, 0.25) is 0 Å². The molecule has 29 heavy (non-hydrogen) atoms. The number of aryl methyl sites for hydroxylation is 1. The molecule has 2 bridgehead atoms. The summed E-state index contributed by atoms with van der Waals surface area (Å²) in [4.78, 5) is 25.2. The molecule has 4 heteroatoms. The van der Waals surface area contributed by atoms with Gasteiger partial charge in [-0.15, -0.1) is 0 Å². The molecule has 3 aromatic carbocycles. The van der Waals surface area contributed by atoms with Crippen LogP contribution >= 0.6 is 0 Å². The molecule has 0 radical (unpaired) electrons. The van der Waals surface area contributed by atoms with Gasteiger partial charge in [-0.25, -0.2) is 0 Å². The number of fused-ring (bicyclic) bond motifs is 4. The Hall–Kier alpha value is -3.14. The number of hydrogen-bond acceptors (Lipinski definition) is 3. The van der Waals surface area contributed by atoms with Gasteiger partial charge in [-0.05, 0) is 48.9 Å². The summed E-state index contributed by atoms with van der Waals surface area (Å²) in [5.41, 5.74) is 2.21. The fourth-order valence-corrected chi connectivity index (χ4v) is 5.28. The zero-order chi connectivity index (χ0) is 20.3. The number of carbonyl (C=O) groups is 2. The number of benzene rings is 3. The lowest BCUT2D eigenvalue weighted by Crippen LogP contribution is -2.36. The third kappa shape index (κ3) is 2.74. The number of carbonyl (C=O) groups excluding carboxylic acids is 1. The number of carboxylic acid groups (broad SMARTS) is 1. The van der Waals surface area contributed by atoms with Crippen molar-refractivity contribution < 1.29 is 19.4 Å². The van der Waals surface area contributed by atoms with Crippen molar-refractivity contribution in [3.8, 4) is 5.75 Å². The predicted molar refractivity (Wildman–Crippen MR) is 112 cm³/mol. The molecule has 2 aliphatic rings. The molecular weight excluding hydrogens is 364 g/mol. The summed E-state index contributed by atoms with van der Waals surface area (Å²) < 4.78 is 6.00. The first-order chi connectivity index (χ1) is 13.9. The second kappa shape index (κ2) is 6.45. The topological polar surface area (TPSA) is 63.6 Å². The van der Waals surface area contributed by atoms with Gasteiger partial charge in [0.05, 0.1) is 11.8 Å². The van der Waals surface area contributed by atoms with Gasteiger partial charge >= 0.3 is 11.9 Å². The van der Waals surface area contributed by atoms with Gasteiger partial charge in [0.15, 0.2) is 0 Å². The molecular formula is C25H22O4. The molecule has 4 unspecified atom stereocenters. The third-order valence-electron chi connectivity index (χ3n) is 6.60. The Kier molecular flexibility index (Phi) is 3.98. The lowest BCUT2D eigenvalue weighted by atomic mass is 9.80. The van der Waals surface area contributed by atoms with E-state index in [0.29, 0.717) is 5.75 Å². The monoisotopic (exact) mass is 386 g/mol. The molecule has 0 aliphatic heterocycles. The largest absolute Gasteiger partial charge is 0.481 e. The molecule has 146 valence electrons. The zero-order valence-corrected chi connectivity index (χ0v) is 16.4. The highest BCUT2D eigenvalue weighted by molar-refractivity contribution is 6.07. The Morgan fingerprint density at radius 1 is 0.966 bits per heavy atom. The van der Waals surface area contributed by atoms with E-state index in [4.69, 9.17) is 4.74 Å². The van der Waals surface area contributed by atoms with Gasteiger partial charge in [-0.2, -0.15) is 0 Å². The van der Waals surface area contributed by atoms with Crippen LogP contribution in [0, 0.1) is 30.6 Å². The van der Waals surface area contributed by atoms with Gasteiger partial charge in [-0.3, -0.25) is 9.59 Å². The Balaban J connectivity index is 1.61. The predicted octanol–water partition coefficient (Wildman–Crippen LogP) is 5.12. The van der Waals surface area contributed by atoms with Crippen molar-refractivity contribution in [1.29, 1.82) is 0 Å². The number of carboxylic acids is 1. The van der Waals surface area contributed by atoms with Gasteiger partial charge in [0.25, 0.3) is 0 Å². The van der Waals surface area contributed by atoms with E-state index in [1.54, 1.807) is 0 Å². The number of allylic oxidation sites excluding steroid dienone is 2. The highest BCUT2D eigenvalue weighted by Gasteiger charge is 2.54. The Labute approximate surface area is 168 Å². The average molecular weight is 386 g/mol. The van der Waals surface area contributed by atoms with Crippen LogP contribution in [0.3, 0.4) is 0 Å². The number of aliphatic carboxylic acids is 1. The summed E-state index contributed by atoms with van der Waals surface area (Å²) in [6, 6.07) is 16.0. The van der Waals surface area contributed by atoms with Crippen LogP contribution in [0.15, 0.2) is 60.2 Å². The molecule has 3 aromatic rings. The van der Waals surface area contributed by atoms with Crippen molar-refractivity contribution in [2.45, 2.75) is 20.3 Å². The third-order valence-corrected chi connectivity index (χ3v) is 6.60. The van der Waals surface area contributed by atoms with E-state index in [1.807, 2.05) is 50.2 Å². The molecule has 5 rings (SSSR count). The van der Waals surface area contributed by atoms with Crippen LogP contribution in [0.5, 0.6) is 5.75 Å². The number of hydrogen-bond donors (Lipinski definition) is 1. The SMILES string of the molecule is CC1=CC2CC1C(C(=O)O)C2C(=O)Oc1c2ccccc2cc2cc(C)ccc12. The summed E-state index contributed by atoms with van der Waals surface area (Å²) >= 11 is 0. The Morgan fingerprint density at radius 2 is 1.72 bits per heavy atom. The minimum absolute atomic E-state index is 0.0583. The fourth-order valence-electron chi connectivity index (χ4n) is 5.28. The van der Waals surface area contributed by atoms with Crippen molar-refractivity contribution in [2.75, 3.05) is 0 Å². The minimum atomic E-state index is -0.912. The molecule has 1 N–H and O–H groups in total. The first kappa shape index (κ1) is 17.9. The second-order valence-electron chi connectivity index (χ2n) is 8.38. The van der Waals surface area contributed by atoms with E-state index in [-0.39, 0.29) is 11.8 Å². The molecule has 0 spiro atoms. The average Bonchev–Trinajstić information content (AvgIpc) is 3.24. The standard InChI is InChI=1S/C25H22O4/c1-13-7-8-19-16(9-13)11-15-5-3-4-6-18(15)23(19)29-25(28)21-17-10-14(2)20(12-17)22(21)24(26)27/h3-11,17,20-22H,12H2,1-2H3,(H,26,27). The van der Waals surface area contributed by atoms with E-state index in [0.717, 1.165) is 39.1 Å². The molecule has 0 heterocycles. The lowest BCUT2D eigenvalue weighted by Gasteiger charge is -2.26. The summed E-state index contributed by atoms with van der Waals surface area (Å²) in [6.45, 7) is 3.99. The molecule has 4 atom stereocenters. The number of esters is 1. The van der Waals surface area contributed by atoms with Gasteiger partial charge in [-0.1, -0.05) is 59.7 Å². The zero-order valence-electron chi connectivity index (χ0n) is 16.4. The Morgan fingerprint density at radius 3 is 2.52 bits per heavy atom. The smallest absolute Gasteiger partial charge is 0.315 e. The molecule has 0 aromatic heterocycles. The van der Waals surface area contributed by atoms with Crippen LogP contribution in [0.1, 0.15) is 18.9 Å². The molecule has 0 amide bonds. The summed E-state index contributed by atoms with van der Waals surface area (Å²) in [6.07, 6.45) is 2.78. The summed E-state index contributed by atoms with van der Waals surface area (Å²) in [7, 11) is 0. The normalized spacial score (nSPS) is 25.4. The molecule has 0 saturated heterocycles. The van der Waals surface area contributed by atoms with Gasteiger partial charge in [0.2, 0.25) is 0 Å². The number of rotatable bonds is 3. The van der Waals surface area contributed by atoms with Crippen LogP contribution in [0.25, 0.3) is 21.5 Å². The van der Waals surface area contributed by atoms with Gasteiger partial charge < -0.3 is 9.84 Å². The first-order valence-electron chi connectivity index (χ1n) is 9.99. The maximum atomic E-state index is 13.3. The van der Waals surface area contributed by atoms with E-state index >= 15 is 0 Å². The van der Waals surface area contributed by atoms with Gasteiger partial charge in [0.1, 0.15) is 5.75 Å². The van der Waals surface area contributed by atoms with Crippen LogP contribution in [-0.2, 0) is 9.59 Å². The Bertz CT molecular complexity index is 1210. The highest BCUT2D eigenvalue weighted by Crippen LogP contribution is 2.52. The maximum absolute atomic E-state index is 13.3. The van der Waals surface area contributed by atoms with Crippen molar-refractivity contribution >= 4 is 33.5 Å². The van der Waals surface area contributed by atoms with Gasteiger partial charge in [0, 0.05) is 10.8 Å². The van der Waals surface area contributed by atoms with E-state index in [1.165, 1.54) is 0 Å². The fraction of sp³-hybridized carbons (Fsp3) is 0.280. The van der Waals surface area contributed by atoms with Crippen LogP contribution in [0.4, 0.5) is 0 Å². The van der Waals surface area contributed by atoms with E-state index in [2.05, 4.69) is 18.2 Å². The van der Waals surface area contributed by atoms with Crippen LogP contribution in [-0.4, -0.2) is 17.0 Å². The summed E-state index contributed by atoms with van der Waals surface area (Å²) in [5.74, 6) is -2.30. The molecule has 1 fully saturated rings. The summed E-state index contributed by atoms with van der Waals surface area (Å²) in [5, 5.41) is 13.5. The highest BCUT2D eigenvalue weighted by atomic mass is 16.5. The maximum Gasteiger partial charge on any atom is 0.315 e. The lowest BCUT2D eigenvalue weighted by molar-refractivity contribution is -0.152. The van der Waals surface area contributed by atoms with Crippen LogP contribution < -0.4 is 4.74 Å². The minimum Gasteiger partial charge on any atom is -0.481 e. The van der Waals surface area contributed by atoms with Crippen molar-refractivity contribution in [1.82, 2.24) is 0 Å². The molecule has 4 nitrogen and oxygen atoms in total. The van der Waals surface area contributed by atoms with E-state index in [9.17, 15) is 14.7 Å². The van der Waals surface area contributed by atoms with Crippen molar-refractivity contribution in [2.24, 2.45) is 23.7 Å². The molecule has 2 aliphatic carbocycles. The molecule has 1 saturated carbocycles. The quantitative estimate of drug-likeness (QED) is 0.294. The number of ether oxygens (including phenoxy) is 1. The first-order valence-corrected chi connectivity index (χ1v) is 9.99. The van der Waals surface area contributed by atoms with E-state index < -0.39 is 23.8 Å².